The molecule has 0 saturated heterocycles. The van der Waals surface area contributed by atoms with E-state index in [1.54, 1.807) is 0 Å². The van der Waals surface area contributed by atoms with E-state index in [2.05, 4.69) is 31.3 Å². The molecule has 1 saturated carbocycles. The predicted molar refractivity (Wildman–Crippen MR) is 113 cm³/mol. The SMILES string of the molecule is CC(C)NCC(O)COc1ccc(CCOCC2CC2)cc1.O=C(O)/C=C/C(=O)O. The van der Waals surface area contributed by atoms with E-state index in [1.807, 2.05) is 12.1 Å². The summed E-state index contributed by atoms with van der Waals surface area (Å²) in [5.41, 5.74) is 1.25. The summed E-state index contributed by atoms with van der Waals surface area (Å²) in [7, 11) is 0. The van der Waals surface area contributed by atoms with Crippen LogP contribution in [0.25, 0.3) is 0 Å². The van der Waals surface area contributed by atoms with E-state index in [0.717, 1.165) is 31.3 Å². The molecule has 0 heterocycles. The second-order valence-corrected chi connectivity index (χ2v) is 7.45. The van der Waals surface area contributed by atoms with Crippen LogP contribution in [0.2, 0.25) is 0 Å². The molecular weight excluding hydrogens is 390 g/mol. The molecule has 0 amide bonds. The van der Waals surface area contributed by atoms with Crippen molar-refractivity contribution in [2.24, 2.45) is 5.92 Å². The second kappa shape index (κ2) is 14.5. The van der Waals surface area contributed by atoms with Crippen LogP contribution in [-0.2, 0) is 20.7 Å². The minimum absolute atomic E-state index is 0.309. The number of hydrogen-bond donors (Lipinski definition) is 4. The summed E-state index contributed by atoms with van der Waals surface area (Å²) >= 11 is 0. The fourth-order valence-electron chi connectivity index (χ4n) is 2.24. The highest BCUT2D eigenvalue weighted by atomic mass is 16.5. The molecule has 0 spiro atoms. The van der Waals surface area contributed by atoms with Gasteiger partial charge in [-0.15, -0.1) is 0 Å². The number of aliphatic hydroxyl groups excluding tert-OH is 1. The van der Waals surface area contributed by atoms with Crippen molar-refractivity contribution < 1.29 is 34.4 Å². The summed E-state index contributed by atoms with van der Waals surface area (Å²) in [5.74, 6) is -0.890. The van der Waals surface area contributed by atoms with E-state index in [0.29, 0.717) is 31.3 Å². The third kappa shape index (κ3) is 14.6. The van der Waals surface area contributed by atoms with Gasteiger partial charge in [-0.05, 0) is 42.9 Å². The van der Waals surface area contributed by atoms with Gasteiger partial charge in [0.25, 0.3) is 0 Å². The minimum Gasteiger partial charge on any atom is -0.491 e. The van der Waals surface area contributed by atoms with E-state index in [4.69, 9.17) is 19.7 Å². The third-order valence-corrected chi connectivity index (χ3v) is 4.08. The zero-order chi connectivity index (χ0) is 22.4. The Bertz CT molecular complexity index is 638. The molecule has 2 rings (SSSR count). The van der Waals surface area contributed by atoms with Gasteiger partial charge >= 0.3 is 11.9 Å². The molecule has 0 bridgehead atoms. The molecule has 168 valence electrons. The first-order chi connectivity index (χ1) is 14.3. The van der Waals surface area contributed by atoms with Crippen LogP contribution in [0.5, 0.6) is 5.75 Å². The summed E-state index contributed by atoms with van der Waals surface area (Å²) in [6, 6.07) is 8.41. The normalized spacial score (nSPS) is 14.3. The van der Waals surface area contributed by atoms with Crippen molar-refractivity contribution >= 4 is 11.9 Å². The zero-order valence-electron chi connectivity index (χ0n) is 17.6. The summed E-state index contributed by atoms with van der Waals surface area (Å²) < 4.78 is 11.2. The van der Waals surface area contributed by atoms with Crippen molar-refractivity contribution in [3.8, 4) is 5.75 Å². The smallest absolute Gasteiger partial charge is 0.328 e. The summed E-state index contributed by atoms with van der Waals surface area (Å²) in [5, 5.41) is 28.6. The molecule has 1 aliphatic rings. The number of ether oxygens (including phenoxy) is 2. The number of aliphatic carboxylic acids is 2. The zero-order valence-corrected chi connectivity index (χ0v) is 17.6. The fourth-order valence-corrected chi connectivity index (χ4v) is 2.24. The van der Waals surface area contributed by atoms with Gasteiger partial charge in [0.1, 0.15) is 18.5 Å². The van der Waals surface area contributed by atoms with E-state index < -0.39 is 18.0 Å². The predicted octanol–water partition coefficient (Wildman–Crippen LogP) is 2.11. The summed E-state index contributed by atoms with van der Waals surface area (Å²) in [6.45, 7) is 6.68. The highest BCUT2D eigenvalue weighted by Gasteiger charge is 2.20. The lowest BCUT2D eigenvalue weighted by Gasteiger charge is -2.15. The van der Waals surface area contributed by atoms with E-state index in [1.165, 1.54) is 18.4 Å². The van der Waals surface area contributed by atoms with Gasteiger partial charge in [0.15, 0.2) is 0 Å². The molecular formula is C22H33NO7. The Labute approximate surface area is 177 Å². The van der Waals surface area contributed by atoms with Gasteiger partial charge in [-0.25, -0.2) is 9.59 Å². The lowest BCUT2D eigenvalue weighted by Crippen LogP contribution is -2.35. The molecule has 1 unspecified atom stereocenters. The molecule has 1 aromatic carbocycles. The van der Waals surface area contributed by atoms with Crippen LogP contribution in [0.3, 0.4) is 0 Å². The maximum Gasteiger partial charge on any atom is 0.328 e. The van der Waals surface area contributed by atoms with Crippen LogP contribution in [-0.4, -0.2) is 65.8 Å². The lowest BCUT2D eigenvalue weighted by atomic mass is 10.1. The number of hydrogen-bond acceptors (Lipinski definition) is 6. The van der Waals surface area contributed by atoms with Gasteiger partial charge in [-0.3, -0.25) is 0 Å². The molecule has 0 aliphatic heterocycles. The minimum atomic E-state index is -1.26. The van der Waals surface area contributed by atoms with Crippen LogP contribution in [0.4, 0.5) is 0 Å². The maximum atomic E-state index is 9.80. The molecule has 4 N–H and O–H groups in total. The largest absolute Gasteiger partial charge is 0.491 e. The number of carbonyl (C=O) groups is 2. The molecule has 1 aromatic rings. The Balaban J connectivity index is 0.000000479. The number of aliphatic hydroxyl groups is 1. The van der Waals surface area contributed by atoms with Crippen molar-refractivity contribution in [2.45, 2.75) is 45.3 Å². The highest BCUT2D eigenvalue weighted by Crippen LogP contribution is 2.28. The van der Waals surface area contributed by atoms with Gasteiger partial charge in [-0.2, -0.15) is 0 Å². The van der Waals surface area contributed by atoms with Crippen LogP contribution in [0.1, 0.15) is 32.3 Å². The Morgan fingerprint density at radius 3 is 2.23 bits per heavy atom. The molecule has 30 heavy (non-hydrogen) atoms. The van der Waals surface area contributed by atoms with Crippen LogP contribution in [0.15, 0.2) is 36.4 Å². The van der Waals surface area contributed by atoms with Gasteiger partial charge in [-0.1, -0.05) is 26.0 Å². The fraction of sp³-hybridized carbons (Fsp3) is 0.545. The van der Waals surface area contributed by atoms with E-state index in [-0.39, 0.29) is 0 Å². The van der Waals surface area contributed by atoms with Gasteiger partial charge in [0, 0.05) is 31.3 Å². The molecule has 1 aliphatic carbocycles. The average molecular weight is 424 g/mol. The molecule has 1 atom stereocenters. The third-order valence-electron chi connectivity index (χ3n) is 4.08. The number of nitrogens with one attached hydrogen (secondary N) is 1. The number of carboxylic acids is 2. The highest BCUT2D eigenvalue weighted by molar-refractivity contribution is 5.89. The molecule has 1 fully saturated rings. The Morgan fingerprint density at radius 2 is 1.73 bits per heavy atom. The van der Waals surface area contributed by atoms with Crippen LogP contribution >= 0.6 is 0 Å². The van der Waals surface area contributed by atoms with Crippen LogP contribution in [0, 0.1) is 5.92 Å². The van der Waals surface area contributed by atoms with Crippen molar-refractivity contribution in [2.75, 3.05) is 26.4 Å². The van der Waals surface area contributed by atoms with Gasteiger partial charge in [0.2, 0.25) is 0 Å². The summed E-state index contributed by atoms with van der Waals surface area (Å²) in [6.07, 6.45) is 4.24. The monoisotopic (exact) mass is 423 g/mol. The maximum absolute atomic E-state index is 9.80. The number of benzene rings is 1. The average Bonchev–Trinajstić information content (AvgIpc) is 3.52. The van der Waals surface area contributed by atoms with Crippen LogP contribution < -0.4 is 10.1 Å². The first kappa shape index (κ1) is 25.6. The standard InChI is InChI=1S/C18H29NO3.C4H4O4/c1-14(2)19-11-17(20)13-22-18-7-5-15(6-8-18)9-10-21-12-16-3-4-16;5-3(6)1-2-4(7)8/h5-8,14,16-17,19-20H,3-4,9-13H2,1-2H3;1-2H,(H,5,6)(H,7,8)/b;2-1+. The van der Waals surface area contributed by atoms with Crippen molar-refractivity contribution in [1.29, 1.82) is 0 Å². The quantitative estimate of drug-likeness (QED) is 0.281. The van der Waals surface area contributed by atoms with Crippen molar-refractivity contribution in [3.05, 3.63) is 42.0 Å². The lowest BCUT2D eigenvalue weighted by molar-refractivity contribution is -0.134. The van der Waals surface area contributed by atoms with E-state index in [9.17, 15) is 14.7 Å². The molecule has 0 aromatic heterocycles. The number of carboxylic acid groups (broad SMARTS) is 2. The first-order valence-corrected chi connectivity index (χ1v) is 10.1. The van der Waals surface area contributed by atoms with Gasteiger partial charge in [0.05, 0.1) is 6.61 Å². The Kier molecular flexibility index (Phi) is 12.4. The molecule has 8 heteroatoms. The topological polar surface area (TPSA) is 125 Å². The molecule has 0 radical (unpaired) electrons. The van der Waals surface area contributed by atoms with Crippen molar-refractivity contribution in [1.82, 2.24) is 5.32 Å². The molecule has 8 nitrogen and oxygen atoms in total. The van der Waals surface area contributed by atoms with Gasteiger partial charge < -0.3 is 30.1 Å². The van der Waals surface area contributed by atoms with E-state index >= 15 is 0 Å². The second-order valence-electron chi connectivity index (χ2n) is 7.45. The summed E-state index contributed by atoms with van der Waals surface area (Å²) in [4.78, 5) is 19.1. The Morgan fingerprint density at radius 1 is 1.13 bits per heavy atom. The Hall–Kier alpha value is -2.42. The first-order valence-electron chi connectivity index (χ1n) is 10.1. The van der Waals surface area contributed by atoms with Crippen molar-refractivity contribution in [3.63, 3.8) is 0 Å². The number of rotatable bonds is 13.